The van der Waals surface area contributed by atoms with Gasteiger partial charge < -0.3 is 4.74 Å². The lowest BCUT2D eigenvalue weighted by Crippen LogP contribution is -2.43. The van der Waals surface area contributed by atoms with Gasteiger partial charge in [0.05, 0.1) is 6.54 Å². The molecule has 0 spiro atoms. The highest BCUT2D eigenvalue weighted by atomic mass is 16.6. The molecular weight excluding hydrogens is 280 g/mol. The van der Waals surface area contributed by atoms with Crippen molar-refractivity contribution in [3.8, 4) is 0 Å². The van der Waals surface area contributed by atoms with Gasteiger partial charge in [-0.05, 0) is 32.8 Å². The van der Waals surface area contributed by atoms with Crippen molar-refractivity contribution in [3.63, 3.8) is 0 Å². The zero-order chi connectivity index (χ0) is 16.2. The van der Waals surface area contributed by atoms with E-state index in [1.54, 1.807) is 20.8 Å². The van der Waals surface area contributed by atoms with Gasteiger partial charge in [0.15, 0.2) is 0 Å². The van der Waals surface area contributed by atoms with Crippen LogP contribution in [-0.4, -0.2) is 47.0 Å². The smallest absolute Gasteiger partial charge is 0.417 e. The van der Waals surface area contributed by atoms with Crippen LogP contribution in [0.5, 0.6) is 0 Å². The first-order valence-corrected chi connectivity index (χ1v) is 7.65. The molecule has 0 atom stereocenters. The molecule has 1 aliphatic heterocycles. The van der Waals surface area contributed by atoms with E-state index in [-0.39, 0.29) is 12.5 Å². The van der Waals surface area contributed by atoms with Gasteiger partial charge in [0.1, 0.15) is 5.60 Å². The van der Waals surface area contributed by atoms with Crippen molar-refractivity contribution in [2.24, 2.45) is 0 Å². The van der Waals surface area contributed by atoms with E-state index in [9.17, 15) is 9.59 Å². The summed E-state index contributed by atoms with van der Waals surface area (Å²) in [6, 6.07) is 10.0. The summed E-state index contributed by atoms with van der Waals surface area (Å²) >= 11 is 0. The van der Waals surface area contributed by atoms with E-state index < -0.39 is 11.7 Å². The Bertz CT molecular complexity index is 522. The van der Waals surface area contributed by atoms with Crippen molar-refractivity contribution in [1.29, 1.82) is 0 Å². The molecule has 0 unspecified atom stereocenters. The summed E-state index contributed by atoms with van der Waals surface area (Å²) in [7, 11) is 0. The summed E-state index contributed by atoms with van der Waals surface area (Å²) in [5.41, 5.74) is 0.578. The third-order valence-electron chi connectivity index (χ3n) is 3.38. The fraction of sp³-hybridized carbons (Fsp3) is 0.529. The maximum Gasteiger partial charge on any atom is 0.417 e. The average Bonchev–Trinajstić information content (AvgIpc) is 2.59. The monoisotopic (exact) mass is 304 g/mol. The third-order valence-corrected chi connectivity index (χ3v) is 3.38. The Balaban J connectivity index is 1.97. The minimum absolute atomic E-state index is 0.192. The number of benzene rings is 1. The molecule has 1 fully saturated rings. The maximum atomic E-state index is 12.3. The second-order valence-electron chi connectivity index (χ2n) is 6.58. The molecule has 1 saturated heterocycles. The predicted octanol–water partition coefficient (Wildman–Crippen LogP) is 2.66. The Morgan fingerprint density at radius 3 is 2.50 bits per heavy atom. The first-order chi connectivity index (χ1) is 10.3. The van der Waals surface area contributed by atoms with Crippen LogP contribution in [0.25, 0.3) is 0 Å². The minimum atomic E-state index is -0.590. The van der Waals surface area contributed by atoms with Crippen molar-refractivity contribution in [2.45, 2.75) is 39.3 Å². The molecule has 5 heteroatoms. The Morgan fingerprint density at radius 2 is 1.86 bits per heavy atom. The summed E-state index contributed by atoms with van der Waals surface area (Å²) in [4.78, 5) is 27.7. The number of nitrogens with zero attached hydrogens (tertiary/aromatic N) is 2. The Kier molecular flexibility index (Phi) is 5.19. The number of amides is 2. The van der Waals surface area contributed by atoms with Gasteiger partial charge in [0.25, 0.3) is 0 Å². The molecular formula is C17H24N2O3. The Labute approximate surface area is 131 Å². The van der Waals surface area contributed by atoms with Gasteiger partial charge >= 0.3 is 6.09 Å². The van der Waals surface area contributed by atoms with Gasteiger partial charge in [-0.1, -0.05) is 30.3 Å². The normalized spacial score (nSPS) is 17.2. The highest BCUT2D eigenvalue weighted by Crippen LogP contribution is 2.14. The van der Waals surface area contributed by atoms with Crippen LogP contribution in [-0.2, 0) is 16.1 Å². The summed E-state index contributed by atoms with van der Waals surface area (Å²) in [6.07, 6.45) is 0.219. The number of hydrogen-bond acceptors (Lipinski definition) is 4. The zero-order valence-electron chi connectivity index (χ0n) is 13.5. The number of ether oxygens (including phenoxy) is 1. The quantitative estimate of drug-likeness (QED) is 0.843. The third kappa shape index (κ3) is 4.84. The largest absolute Gasteiger partial charge is 0.443 e. The van der Waals surface area contributed by atoms with Gasteiger partial charge in [0, 0.05) is 19.6 Å². The molecule has 2 amide bonds. The van der Waals surface area contributed by atoms with Gasteiger partial charge in [-0.2, -0.15) is 0 Å². The molecule has 1 aromatic carbocycles. The Hall–Kier alpha value is -1.88. The molecule has 1 aliphatic rings. The number of carbonyl (C=O) groups is 2. The lowest BCUT2D eigenvalue weighted by molar-refractivity contribution is -0.130. The van der Waals surface area contributed by atoms with Crippen LogP contribution in [0, 0.1) is 0 Å². The van der Waals surface area contributed by atoms with Crippen LogP contribution in [0.1, 0.15) is 32.8 Å². The van der Waals surface area contributed by atoms with E-state index in [0.29, 0.717) is 6.54 Å². The van der Waals surface area contributed by atoms with Crippen molar-refractivity contribution in [3.05, 3.63) is 35.9 Å². The number of carbonyl (C=O) groups excluding carboxylic acids is 2. The van der Waals surface area contributed by atoms with E-state index in [4.69, 9.17) is 4.74 Å². The van der Waals surface area contributed by atoms with Crippen LogP contribution >= 0.6 is 0 Å². The number of hydrogen-bond donors (Lipinski definition) is 0. The van der Waals surface area contributed by atoms with Gasteiger partial charge in [-0.25, -0.2) is 9.69 Å². The van der Waals surface area contributed by atoms with Gasteiger partial charge in [-0.15, -0.1) is 0 Å². The van der Waals surface area contributed by atoms with Crippen LogP contribution in [0.4, 0.5) is 4.79 Å². The molecule has 0 radical (unpaired) electrons. The lowest BCUT2D eigenvalue weighted by Gasteiger charge is -2.25. The standard InChI is InChI=1S/C17H24N2O3/c1-17(2,3)22-16(21)19-11-7-10-18(13-15(19)20)12-14-8-5-4-6-9-14/h4-6,8-9H,7,10-13H2,1-3H3. The van der Waals surface area contributed by atoms with E-state index in [1.807, 2.05) is 30.3 Å². The zero-order valence-corrected chi connectivity index (χ0v) is 13.5. The average molecular weight is 304 g/mol. The van der Waals surface area contributed by atoms with Crippen molar-refractivity contribution in [1.82, 2.24) is 9.80 Å². The molecule has 2 rings (SSSR count). The van der Waals surface area contributed by atoms with E-state index in [2.05, 4.69) is 4.90 Å². The second-order valence-corrected chi connectivity index (χ2v) is 6.58. The highest BCUT2D eigenvalue weighted by Gasteiger charge is 2.30. The van der Waals surface area contributed by atoms with Crippen LogP contribution in [0.15, 0.2) is 30.3 Å². The number of imide groups is 1. The topological polar surface area (TPSA) is 49.9 Å². The molecule has 1 heterocycles. The minimum Gasteiger partial charge on any atom is -0.443 e. The maximum absolute atomic E-state index is 12.3. The summed E-state index contributed by atoms with van der Waals surface area (Å²) < 4.78 is 5.30. The highest BCUT2D eigenvalue weighted by molar-refractivity contribution is 5.93. The molecule has 0 aromatic heterocycles. The molecule has 120 valence electrons. The molecule has 0 N–H and O–H groups in total. The number of rotatable bonds is 2. The molecule has 22 heavy (non-hydrogen) atoms. The van der Waals surface area contributed by atoms with E-state index in [1.165, 1.54) is 10.5 Å². The SMILES string of the molecule is CC(C)(C)OC(=O)N1CCCN(Cc2ccccc2)CC1=O. The van der Waals surface area contributed by atoms with E-state index >= 15 is 0 Å². The molecule has 0 aliphatic carbocycles. The molecule has 0 saturated carbocycles. The van der Waals surface area contributed by atoms with Crippen molar-refractivity contribution in [2.75, 3.05) is 19.6 Å². The summed E-state index contributed by atoms with van der Waals surface area (Å²) in [5, 5.41) is 0. The second kappa shape index (κ2) is 6.92. The predicted molar refractivity (Wildman–Crippen MR) is 84.3 cm³/mol. The molecule has 5 nitrogen and oxygen atoms in total. The summed E-state index contributed by atoms with van der Waals surface area (Å²) in [6.45, 7) is 7.57. The van der Waals surface area contributed by atoms with E-state index in [0.717, 1.165) is 19.5 Å². The lowest BCUT2D eigenvalue weighted by atomic mass is 10.2. The van der Waals surface area contributed by atoms with Crippen LogP contribution in [0.3, 0.4) is 0 Å². The van der Waals surface area contributed by atoms with Crippen LogP contribution in [0.2, 0.25) is 0 Å². The summed E-state index contributed by atoms with van der Waals surface area (Å²) in [5.74, 6) is -0.192. The van der Waals surface area contributed by atoms with Crippen molar-refractivity contribution < 1.29 is 14.3 Å². The van der Waals surface area contributed by atoms with Crippen LogP contribution < -0.4 is 0 Å². The fourth-order valence-corrected chi connectivity index (χ4v) is 2.42. The molecule has 1 aromatic rings. The first kappa shape index (κ1) is 16.5. The first-order valence-electron chi connectivity index (χ1n) is 7.65. The Morgan fingerprint density at radius 1 is 1.18 bits per heavy atom. The van der Waals surface area contributed by atoms with Crippen molar-refractivity contribution >= 4 is 12.0 Å². The fourth-order valence-electron chi connectivity index (χ4n) is 2.42. The van der Waals surface area contributed by atoms with Gasteiger partial charge in [-0.3, -0.25) is 9.69 Å². The molecule has 0 bridgehead atoms. The van der Waals surface area contributed by atoms with Gasteiger partial charge in [0.2, 0.25) is 5.91 Å².